The van der Waals surface area contributed by atoms with Crippen LogP contribution in [0.25, 0.3) is 0 Å². The zero-order chi connectivity index (χ0) is 21.0. The molecule has 1 heterocycles. The van der Waals surface area contributed by atoms with Crippen molar-refractivity contribution in [3.8, 4) is 0 Å². The summed E-state index contributed by atoms with van der Waals surface area (Å²) >= 11 is 0. The topological polar surface area (TPSA) is 95.7 Å². The summed E-state index contributed by atoms with van der Waals surface area (Å²) in [6.45, 7) is 4.05. The lowest BCUT2D eigenvalue weighted by Crippen LogP contribution is -2.50. The zero-order valence-electron chi connectivity index (χ0n) is 16.8. The van der Waals surface area contributed by atoms with Gasteiger partial charge in [0.25, 0.3) is 0 Å². The first-order chi connectivity index (χ1) is 13.7. The van der Waals surface area contributed by atoms with Gasteiger partial charge in [0.2, 0.25) is 10.0 Å². The molecule has 3 N–H and O–H groups in total. The van der Waals surface area contributed by atoms with Crippen molar-refractivity contribution in [3.63, 3.8) is 0 Å². The number of urea groups is 1. The molecule has 2 amide bonds. The Bertz CT molecular complexity index is 932. The number of carbonyl (C=O) groups excluding carboxylic acids is 1. The van der Waals surface area contributed by atoms with E-state index in [4.69, 9.17) is 5.14 Å². The van der Waals surface area contributed by atoms with Gasteiger partial charge in [-0.2, -0.15) is 0 Å². The monoisotopic (exact) mass is 416 g/mol. The van der Waals surface area contributed by atoms with Crippen LogP contribution in [-0.4, -0.2) is 49.9 Å². The lowest BCUT2D eigenvalue weighted by Gasteiger charge is -2.41. The van der Waals surface area contributed by atoms with Gasteiger partial charge < -0.3 is 10.2 Å². The molecule has 0 bridgehead atoms. The van der Waals surface area contributed by atoms with E-state index in [2.05, 4.69) is 41.4 Å². The Labute approximate surface area is 172 Å². The van der Waals surface area contributed by atoms with Crippen LogP contribution in [0.2, 0.25) is 0 Å². The van der Waals surface area contributed by atoms with Crippen LogP contribution in [0.15, 0.2) is 59.5 Å². The van der Waals surface area contributed by atoms with Crippen LogP contribution >= 0.6 is 0 Å². The highest BCUT2D eigenvalue weighted by atomic mass is 32.2. The van der Waals surface area contributed by atoms with Crippen molar-refractivity contribution in [3.05, 3.63) is 60.2 Å². The number of carbonyl (C=O) groups is 1. The number of amides is 2. The van der Waals surface area contributed by atoms with Crippen molar-refractivity contribution >= 4 is 21.7 Å². The van der Waals surface area contributed by atoms with E-state index in [1.54, 1.807) is 11.9 Å². The number of primary sulfonamides is 1. The minimum Gasteiger partial charge on any atom is -0.325 e. The maximum absolute atomic E-state index is 12.6. The molecule has 0 aliphatic carbocycles. The molecule has 2 atom stereocenters. The number of hydrogen-bond donors (Lipinski definition) is 2. The van der Waals surface area contributed by atoms with E-state index in [0.29, 0.717) is 11.7 Å². The number of anilines is 1. The molecule has 1 fully saturated rings. The second-order valence-electron chi connectivity index (χ2n) is 7.59. The molecule has 1 aliphatic heterocycles. The number of likely N-dealkylation sites (tertiary alicyclic amines) is 1. The summed E-state index contributed by atoms with van der Waals surface area (Å²) in [6.07, 6.45) is 1.81. The molecule has 156 valence electrons. The van der Waals surface area contributed by atoms with Gasteiger partial charge in [0.05, 0.1) is 4.90 Å². The van der Waals surface area contributed by atoms with E-state index in [0.717, 1.165) is 25.9 Å². The average molecular weight is 417 g/mol. The molecule has 1 saturated heterocycles. The van der Waals surface area contributed by atoms with Crippen LogP contribution in [0.3, 0.4) is 0 Å². The fraction of sp³-hybridized carbons (Fsp3) is 0.381. The highest BCUT2D eigenvalue weighted by molar-refractivity contribution is 7.89. The lowest BCUT2D eigenvalue weighted by atomic mass is 9.96. The van der Waals surface area contributed by atoms with Crippen molar-refractivity contribution in [2.75, 3.05) is 18.9 Å². The Morgan fingerprint density at radius 2 is 1.83 bits per heavy atom. The van der Waals surface area contributed by atoms with E-state index in [1.165, 1.54) is 29.8 Å². The predicted octanol–water partition coefficient (Wildman–Crippen LogP) is 2.85. The summed E-state index contributed by atoms with van der Waals surface area (Å²) in [4.78, 5) is 16.8. The maximum atomic E-state index is 12.6. The molecular weight excluding hydrogens is 388 g/mol. The molecule has 2 aromatic carbocycles. The first-order valence-electron chi connectivity index (χ1n) is 9.68. The average Bonchev–Trinajstić information content (AvgIpc) is 2.69. The van der Waals surface area contributed by atoms with Gasteiger partial charge >= 0.3 is 6.03 Å². The van der Waals surface area contributed by atoms with Crippen LogP contribution in [0.5, 0.6) is 0 Å². The minimum atomic E-state index is -3.74. The smallest absolute Gasteiger partial charge is 0.321 e. The van der Waals surface area contributed by atoms with Gasteiger partial charge in [-0.05, 0) is 49.6 Å². The molecule has 3 rings (SSSR count). The van der Waals surface area contributed by atoms with Crippen molar-refractivity contribution < 1.29 is 13.2 Å². The highest BCUT2D eigenvalue weighted by Gasteiger charge is 2.29. The zero-order valence-corrected chi connectivity index (χ0v) is 17.6. The van der Waals surface area contributed by atoms with E-state index < -0.39 is 10.0 Å². The minimum absolute atomic E-state index is 0.0171. The Kier molecular flexibility index (Phi) is 6.56. The molecule has 1 aliphatic rings. The molecule has 0 spiro atoms. The Balaban J connectivity index is 1.55. The number of piperidine rings is 1. The summed E-state index contributed by atoms with van der Waals surface area (Å²) < 4.78 is 22.7. The number of benzene rings is 2. The first kappa shape index (κ1) is 21.3. The number of nitrogens with two attached hydrogens (primary N) is 1. The van der Waals surface area contributed by atoms with Gasteiger partial charge in [-0.15, -0.1) is 0 Å². The summed E-state index contributed by atoms with van der Waals surface area (Å²) in [5.41, 5.74) is 1.83. The Hall–Kier alpha value is -2.42. The van der Waals surface area contributed by atoms with Gasteiger partial charge in [-0.1, -0.05) is 30.3 Å². The number of nitrogens with zero attached hydrogens (tertiary/aromatic N) is 2. The van der Waals surface area contributed by atoms with Gasteiger partial charge in [-0.3, -0.25) is 4.90 Å². The summed E-state index contributed by atoms with van der Waals surface area (Å²) in [7, 11) is -1.94. The van der Waals surface area contributed by atoms with Crippen LogP contribution in [0, 0.1) is 0 Å². The van der Waals surface area contributed by atoms with E-state index >= 15 is 0 Å². The van der Waals surface area contributed by atoms with E-state index in [1.807, 2.05) is 6.07 Å². The van der Waals surface area contributed by atoms with Gasteiger partial charge in [0, 0.05) is 37.9 Å². The third-order valence-corrected chi connectivity index (χ3v) is 6.45. The van der Waals surface area contributed by atoms with Crippen LogP contribution in [-0.2, 0) is 16.6 Å². The van der Waals surface area contributed by atoms with Gasteiger partial charge in [0.15, 0.2) is 0 Å². The van der Waals surface area contributed by atoms with Crippen molar-refractivity contribution in [1.29, 1.82) is 0 Å². The molecule has 8 heteroatoms. The number of rotatable bonds is 5. The second kappa shape index (κ2) is 8.94. The van der Waals surface area contributed by atoms with Crippen LogP contribution in [0.4, 0.5) is 10.5 Å². The quantitative estimate of drug-likeness (QED) is 0.783. The van der Waals surface area contributed by atoms with Crippen molar-refractivity contribution in [2.45, 2.75) is 43.3 Å². The maximum Gasteiger partial charge on any atom is 0.321 e. The SMILES string of the molecule is CC1CC(N(C)C(=O)Nc2ccc(S(N)(=O)=O)cc2)CCN1Cc1ccccc1. The number of sulfonamides is 1. The molecular formula is C21H28N4O3S. The molecule has 29 heavy (non-hydrogen) atoms. The Morgan fingerprint density at radius 1 is 1.17 bits per heavy atom. The Morgan fingerprint density at radius 3 is 2.41 bits per heavy atom. The third-order valence-electron chi connectivity index (χ3n) is 5.52. The third kappa shape index (κ3) is 5.56. The predicted molar refractivity (Wildman–Crippen MR) is 114 cm³/mol. The summed E-state index contributed by atoms with van der Waals surface area (Å²) in [6, 6.07) is 16.6. The fourth-order valence-electron chi connectivity index (χ4n) is 3.71. The van der Waals surface area contributed by atoms with E-state index in [9.17, 15) is 13.2 Å². The molecule has 2 unspecified atom stereocenters. The molecule has 0 radical (unpaired) electrons. The van der Waals surface area contributed by atoms with E-state index in [-0.39, 0.29) is 17.0 Å². The standard InChI is InChI=1S/C21H28N4O3S/c1-16-14-19(12-13-25(16)15-17-6-4-3-5-7-17)24(2)21(26)23-18-8-10-20(11-9-18)29(22,27)28/h3-11,16,19H,12-15H2,1-2H3,(H,23,26)(H2,22,27,28). The normalized spacial score (nSPS) is 20.2. The largest absolute Gasteiger partial charge is 0.325 e. The van der Waals surface area contributed by atoms with Crippen molar-refractivity contribution in [2.24, 2.45) is 5.14 Å². The molecule has 7 nitrogen and oxygen atoms in total. The molecule has 0 saturated carbocycles. The lowest BCUT2D eigenvalue weighted by molar-refractivity contribution is 0.0942. The highest BCUT2D eigenvalue weighted by Crippen LogP contribution is 2.23. The summed E-state index contributed by atoms with van der Waals surface area (Å²) in [5.74, 6) is 0. The van der Waals surface area contributed by atoms with Gasteiger partial charge in [0.1, 0.15) is 0 Å². The second-order valence-corrected chi connectivity index (χ2v) is 9.16. The molecule has 0 aromatic heterocycles. The fourth-order valence-corrected chi connectivity index (χ4v) is 4.22. The number of nitrogens with one attached hydrogen (secondary N) is 1. The molecule has 2 aromatic rings. The van der Waals surface area contributed by atoms with Crippen LogP contribution < -0.4 is 10.5 Å². The van der Waals surface area contributed by atoms with Gasteiger partial charge in [-0.25, -0.2) is 18.4 Å². The summed E-state index contributed by atoms with van der Waals surface area (Å²) in [5, 5.41) is 7.92. The van der Waals surface area contributed by atoms with Crippen LogP contribution in [0.1, 0.15) is 25.3 Å². The first-order valence-corrected chi connectivity index (χ1v) is 11.2. The number of hydrogen-bond acceptors (Lipinski definition) is 4. The van der Waals surface area contributed by atoms with Crippen molar-refractivity contribution in [1.82, 2.24) is 9.80 Å².